The molecule has 0 bridgehead atoms. The first-order valence-electron chi connectivity index (χ1n) is 13.0. The molecule has 0 N–H and O–H groups in total. The quantitative estimate of drug-likeness (QED) is 0.134. The Labute approximate surface area is 227 Å². The van der Waals surface area contributed by atoms with Gasteiger partial charge in [-0.25, -0.2) is 9.59 Å². The van der Waals surface area contributed by atoms with Crippen molar-refractivity contribution in [1.29, 1.82) is 0 Å². The number of nitrogens with zero attached hydrogens (tertiary/aromatic N) is 2. The molecule has 0 aromatic carbocycles. The van der Waals surface area contributed by atoms with E-state index in [2.05, 4.69) is 13.2 Å². The molecule has 212 valence electrons. The van der Waals surface area contributed by atoms with Gasteiger partial charge in [0.1, 0.15) is 19.0 Å². The van der Waals surface area contributed by atoms with E-state index in [-0.39, 0.29) is 38.0 Å². The second-order valence-electron chi connectivity index (χ2n) is 11.4. The molecule has 10 nitrogen and oxygen atoms in total. The Hall–Kier alpha value is -2.79. The van der Waals surface area contributed by atoms with Crippen molar-refractivity contribution in [2.45, 2.75) is 78.2 Å². The van der Waals surface area contributed by atoms with Crippen LogP contribution in [-0.2, 0) is 33.1 Å². The molecule has 2 fully saturated rings. The lowest BCUT2D eigenvalue weighted by Gasteiger charge is -2.57. The SMILES string of the molecule is C=CCOC(=O)C(=O)N1C(=O)[C@H]([C@@](C)(O[SiH](C)C)C(C)(C)C)[C@H]1CC(=O)C1C[C@@H](C)N(C(=O)OCC=C)C1. The Balaban J connectivity index is 2.35. The van der Waals surface area contributed by atoms with Crippen LogP contribution in [0.4, 0.5) is 4.79 Å². The van der Waals surface area contributed by atoms with Crippen molar-refractivity contribution in [2.24, 2.45) is 17.3 Å². The maximum Gasteiger partial charge on any atom is 0.410 e. The Morgan fingerprint density at radius 3 is 2.16 bits per heavy atom. The maximum absolute atomic E-state index is 13.5. The number of carbonyl (C=O) groups excluding carboxylic acids is 5. The highest BCUT2D eigenvalue weighted by Gasteiger charge is 2.63. The molecule has 2 heterocycles. The van der Waals surface area contributed by atoms with Crippen molar-refractivity contribution in [2.75, 3.05) is 19.8 Å². The lowest BCUT2D eigenvalue weighted by atomic mass is 9.62. The van der Waals surface area contributed by atoms with Crippen LogP contribution in [-0.4, -0.2) is 85.9 Å². The van der Waals surface area contributed by atoms with E-state index in [4.69, 9.17) is 13.9 Å². The molecule has 5 atom stereocenters. The fourth-order valence-corrected chi connectivity index (χ4v) is 6.69. The van der Waals surface area contributed by atoms with Gasteiger partial charge in [0.05, 0.1) is 17.6 Å². The number of likely N-dealkylation sites (tertiary alicyclic amines) is 2. The van der Waals surface area contributed by atoms with Crippen molar-refractivity contribution in [3.05, 3.63) is 25.3 Å². The molecular weight excluding hydrogens is 508 g/mol. The summed E-state index contributed by atoms with van der Waals surface area (Å²) in [4.78, 5) is 67.1. The van der Waals surface area contributed by atoms with Crippen LogP contribution in [0.3, 0.4) is 0 Å². The van der Waals surface area contributed by atoms with E-state index in [1.807, 2.05) is 47.7 Å². The van der Waals surface area contributed by atoms with E-state index in [1.54, 1.807) is 0 Å². The van der Waals surface area contributed by atoms with Gasteiger partial charge < -0.3 is 18.8 Å². The van der Waals surface area contributed by atoms with Crippen LogP contribution in [0.5, 0.6) is 0 Å². The standard InChI is InChI=1S/C27H42N2O8Si/c1-10-12-35-24(33)23(32)29-19(21(22(29)31)27(7,26(4,5)6)37-38(8)9)15-20(30)18-14-17(3)28(16-18)25(34)36-13-11-2/h10-11,17-19,21,38H,1-2,12-16H2,3-9H3/t17-,18?,19-,21-,27-/m1/s1. The van der Waals surface area contributed by atoms with E-state index in [0.717, 1.165) is 4.90 Å². The highest BCUT2D eigenvalue weighted by molar-refractivity contribution is 6.48. The Kier molecular flexibility index (Phi) is 10.2. The summed E-state index contributed by atoms with van der Waals surface area (Å²) in [5.41, 5.74) is -1.50. The van der Waals surface area contributed by atoms with Gasteiger partial charge in [-0.3, -0.25) is 19.3 Å². The van der Waals surface area contributed by atoms with Gasteiger partial charge in [0.15, 0.2) is 9.04 Å². The Morgan fingerprint density at radius 2 is 1.63 bits per heavy atom. The molecule has 2 aliphatic heterocycles. The summed E-state index contributed by atoms with van der Waals surface area (Å²) in [5.74, 6) is -4.37. The van der Waals surface area contributed by atoms with Crippen LogP contribution < -0.4 is 0 Å². The second-order valence-corrected chi connectivity index (χ2v) is 13.8. The van der Waals surface area contributed by atoms with Crippen LogP contribution in [0.1, 0.15) is 47.5 Å². The van der Waals surface area contributed by atoms with Gasteiger partial charge in [0.2, 0.25) is 5.91 Å². The number of amides is 3. The molecule has 0 saturated carbocycles. The molecule has 1 unspecified atom stereocenters. The van der Waals surface area contributed by atoms with Crippen molar-refractivity contribution in [3.8, 4) is 0 Å². The first-order valence-corrected chi connectivity index (χ1v) is 15.8. The molecule has 0 spiro atoms. The van der Waals surface area contributed by atoms with Crippen LogP contribution in [0.25, 0.3) is 0 Å². The summed E-state index contributed by atoms with van der Waals surface area (Å²) in [7, 11) is -1.67. The third-order valence-corrected chi connectivity index (χ3v) is 8.47. The van der Waals surface area contributed by atoms with Gasteiger partial charge >= 0.3 is 18.0 Å². The average molecular weight is 551 g/mol. The van der Waals surface area contributed by atoms with Gasteiger partial charge in [-0.1, -0.05) is 46.1 Å². The largest absolute Gasteiger partial charge is 0.454 e. The van der Waals surface area contributed by atoms with Crippen molar-refractivity contribution >= 4 is 38.7 Å². The summed E-state index contributed by atoms with van der Waals surface area (Å²) in [5, 5.41) is 0. The molecule has 3 amide bonds. The fraction of sp³-hybridized carbons (Fsp3) is 0.667. The molecular formula is C27H42N2O8Si. The molecule has 0 aromatic rings. The number of ether oxygens (including phenoxy) is 2. The summed E-state index contributed by atoms with van der Waals surface area (Å²) < 4.78 is 16.4. The van der Waals surface area contributed by atoms with E-state index < -0.39 is 61.8 Å². The minimum atomic E-state index is -1.67. The summed E-state index contributed by atoms with van der Waals surface area (Å²) in [6.07, 6.45) is 2.53. The first-order chi connectivity index (χ1) is 17.6. The fourth-order valence-electron chi connectivity index (χ4n) is 5.21. The zero-order valence-electron chi connectivity index (χ0n) is 23.7. The third-order valence-electron chi connectivity index (χ3n) is 7.51. The predicted molar refractivity (Wildman–Crippen MR) is 144 cm³/mol. The Bertz CT molecular complexity index is 975. The van der Waals surface area contributed by atoms with Gasteiger partial charge in [-0.2, -0.15) is 0 Å². The number of esters is 1. The van der Waals surface area contributed by atoms with Crippen molar-refractivity contribution < 1.29 is 37.9 Å². The Morgan fingerprint density at radius 1 is 1.05 bits per heavy atom. The number of hydrogen-bond donors (Lipinski definition) is 0. The minimum Gasteiger partial charge on any atom is -0.454 e. The second kappa shape index (κ2) is 12.4. The minimum absolute atomic E-state index is 0.0656. The van der Waals surface area contributed by atoms with Gasteiger partial charge in [0, 0.05) is 24.9 Å². The van der Waals surface area contributed by atoms with E-state index >= 15 is 0 Å². The summed E-state index contributed by atoms with van der Waals surface area (Å²) in [6.45, 7) is 20.5. The number of rotatable bonds is 10. The molecule has 0 aliphatic carbocycles. The van der Waals surface area contributed by atoms with E-state index in [1.165, 1.54) is 17.1 Å². The van der Waals surface area contributed by atoms with E-state index in [9.17, 15) is 24.0 Å². The molecule has 0 aromatic heterocycles. The summed E-state index contributed by atoms with van der Waals surface area (Å²) >= 11 is 0. The number of β-lactam (4-membered cyclic amide) rings is 1. The molecule has 2 aliphatic rings. The lowest BCUT2D eigenvalue weighted by molar-refractivity contribution is -0.194. The molecule has 0 radical (unpaired) electrons. The van der Waals surface area contributed by atoms with E-state index in [0.29, 0.717) is 6.42 Å². The van der Waals surface area contributed by atoms with Gasteiger partial charge in [-0.05, 0) is 38.8 Å². The highest BCUT2D eigenvalue weighted by Crippen LogP contribution is 2.49. The van der Waals surface area contributed by atoms with Crippen molar-refractivity contribution in [1.82, 2.24) is 9.80 Å². The first kappa shape index (κ1) is 31.4. The number of ketones is 1. The van der Waals surface area contributed by atoms with Crippen LogP contribution in [0.15, 0.2) is 25.3 Å². The molecule has 11 heteroatoms. The number of carbonyl (C=O) groups is 5. The van der Waals surface area contributed by atoms with Crippen LogP contribution in [0, 0.1) is 17.3 Å². The zero-order chi connectivity index (χ0) is 29.0. The van der Waals surface area contributed by atoms with Crippen LogP contribution in [0.2, 0.25) is 13.1 Å². The predicted octanol–water partition coefficient (Wildman–Crippen LogP) is 2.87. The highest BCUT2D eigenvalue weighted by atomic mass is 28.3. The average Bonchev–Trinajstić information content (AvgIpc) is 3.21. The van der Waals surface area contributed by atoms with Gasteiger partial charge in [0.25, 0.3) is 0 Å². The van der Waals surface area contributed by atoms with Crippen molar-refractivity contribution in [3.63, 3.8) is 0 Å². The summed E-state index contributed by atoms with van der Waals surface area (Å²) in [6, 6.07) is -1.10. The van der Waals surface area contributed by atoms with Crippen LogP contribution >= 0.6 is 0 Å². The normalized spacial score (nSPS) is 24.9. The molecule has 2 rings (SSSR count). The third kappa shape index (κ3) is 6.43. The molecule has 2 saturated heterocycles. The van der Waals surface area contributed by atoms with Gasteiger partial charge in [-0.15, -0.1) is 0 Å². The lowest BCUT2D eigenvalue weighted by Crippen LogP contribution is -2.74. The smallest absolute Gasteiger partial charge is 0.410 e. The molecule has 38 heavy (non-hydrogen) atoms. The maximum atomic E-state index is 13.5. The number of Topliss-reactive ketones (excluding diaryl/α,β-unsaturated/α-hetero) is 1. The number of imide groups is 1. The number of hydrogen-bond acceptors (Lipinski definition) is 8. The topological polar surface area (TPSA) is 120 Å². The zero-order valence-corrected chi connectivity index (χ0v) is 24.8. The monoisotopic (exact) mass is 550 g/mol.